The lowest BCUT2D eigenvalue weighted by molar-refractivity contribution is 0.253. The Hall–Kier alpha value is -1.61. The molecule has 3 heteroatoms. The molecule has 1 aromatic heterocycles. The molecule has 0 saturated carbocycles. The fraction of sp³-hybridized carbons (Fsp3) is 0.400. The first-order chi connectivity index (χ1) is 8.83. The van der Waals surface area contributed by atoms with E-state index < -0.39 is 0 Å². The summed E-state index contributed by atoms with van der Waals surface area (Å²) in [6.45, 7) is 2.37. The first-order valence-corrected chi connectivity index (χ1v) is 6.62. The zero-order chi connectivity index (χ0) is 12.4. The number of H-pyrrole nitrogens is 1. The Morgan fingerprint density at radius 2 is 1.89 bits per heavy atom. The minimum Gasteiger partial charge on any atom is -0.306 e. The molecule has 0 amide bonds. The van der Waals surface area contributed by atoms with Crippen LogP contribution in [-0.2, 0) is 0 Å². The quantitative estimate of drug-likeness (QED) is 0.876. The molecule has 1 fully saturated rings. The molecule has 0 aliphatic carbocycles. The summed E-state index contributed by atoms with van der Waals surface area (Å²) in [7, 11) is 2.19. The molecule has 1 saturated heterocycles. The summed E-state index contributed by atoms with van der Waals surface area (Å²) in [5.74, 6) is 0.645. The van der Waals surface area contributed by atoms with E-state index in [1.54, 1.807) is 0 Å². The Morgan fingerprint density at radius 1 is 1.17 bits per heavy atom. The van der Waals surface area contributed by atoms with Gasteiger partial charge in [-0.15, -0.1) is 0 Å². The van der Waals surface area contributed by atoms with Crippen LogP contribution in [0.2, 0.25) is 0 Å². The first kappa shape index (κ1) is 11.5. The summed E-state index contributed by atoms with van der Waals surface area (Å²) in [6, 6.07) is 12.6. The standard InChI is InChI=1S/C15H19N3/c1-18-9-7-13(8-10-18)15-11-14(16-17-15)12-5-3-2-4-6-12/h2-6,11,13H,7-10H2,1H3,(H,16,17). The normalized spacial score (nSPS) is 18.1. The second kappa shape index (κ2) is 4.94. The monoisotopic (exact) mass is 241 g/mol. The number of aromatic nitrogens is 2. The third-order valence-electron chi connectivity index (χ3n) is 3.83. The smallest absolute Gasteiger partial charge is 0.0923 e. The number of hydrogen-bond acceptors (Lipinski definition) is 2. The van der Waals surface area contributed by atoms with Crippen LogP contribution in [0.15, 0.2) is 36.4 Å². The number of piperidine rings is 1. The van der Waals surface area contributed by atoms with Crippen molar-refractivity contribution in [1.29, 1.82) is 0 Å². The number of benzene rings is 1. The molecule has 1 aliphatic heterocycles. The topological polar surface area (TPSA) is 31.9 Å². The lowest BCUT2D eigenvalue weighted by Gasteiger charge is -2.27. The maximum atomic E-state index is 4.44. The molecule has 3 rings (SSSR count). The van der Waals surface area contributed by atoms with Crippen molar-refractivity contribution in [3.05, 3.63) is 42.1 Å². The first-order valence-electron chi connectivity index (χ1n) is 6.62. The van der Waals surface area contributed by atoms with Gasteiger partial charge in [0.05, 0.1) is 5.69 Å². The van der Waals surface area contributed by atoms with Crippen molar-refractivity contribution >= 4 is 0 Å². The highest BCUT2D eigenvalue weighted by atomic mass is 15.1. The van der Waals surface area contributed by atoms with Gasteiger partial charge in [-0.3, -0.25) is 5.10 Å². The number of rotatable bonds is 2. The Morgan fingerprint density at radius 3 is 2.61 bits per heavy atom. The van der Waals surface area contributed by atoms with Gasteiger partial charge in [0.25, 0.3) is 0 Å². The van der Waals surface area contributed by atoms with E-state index in [0.29, 0.717) is 5.92 Å². The minimum atomic E-state index is 0.645. The van der Waals surface area contributed by atoms with Crippen LogP contribution < -0.4 is 0 Å². The lowest BCUT2D eigenvalue weighted by Crippen LogP contribution is -2.29. The van der Waals surface area contributed by atoms with Crippen molar-refractivity contribution in [2.45, 2.75) is 18.8 Å². The highest BCUT2D eigenvalue weighted by molar-refractivity contribution is 5.59. The van der Waals surface area contributed by atoms with E-state index in [1.165, 1.54) is 37.2 Å². The predicted octanol–water partition coefficient (Wildman–Crippen LogP) is 2.89. The molecule has 1 aliphatic rings. The van der Waals surface area contributed by atoms with Crippen LogP contribution in [-0.4, -0.2) is 35.2 Å². The molecule has 0 atom stereocenters. The second-order valence-corrected chi connectivity index (χ2v) is 5.15. The molecule has 1 N–H and O–H groups in total. The van der Waals surface area contributed by atoms with Crippen molar-refractivity contribution in [3.8, 4) is 11.3 Å². The highest BCUT2D eigenvalue weighted by Gasteiger charge is 2.20. The molecule has 18 heavy (non-hydrogen) atoms. The largest absolute Gasteiger partial charge is 0.306 e. The van der Waals surface area contributed by atoms with Gasteiger partial charge in [-0.05, 0) is 39.0 Å². The van der Waals surface area contributed by atoms with Crippen molar-refractivity contribution < 1.29 is 0 Å². The summed E-state index contributed by atoms with van der Waals surface area (Å²) >= 11 is 0. The average Bonchev–Trinajstić information content (AvgIpc) is 2.90. The van der Waals surface area contributed by atoms with Crippen molar-refractivity contribution in [2.24, 2.45) is 0 Å². The number of likely N-dealkylation sites (tertiary alicyclic amines) is 1. The zero-order valence-corrected chi connectivity index (χ0v) is 10.8. The number of nitrogens with zero attached hydrogens (tertiary/aromatic N) is 2. The predicted molar refractivity (Wildman–Crippen MR) is 73.5 cm³/mol. The van der Waals surface area contributed by atoms with E-state index in [-0.39, 0.29) is 0 Å². The van der Waals surface area contributed by atoms with Crippen LogP contribution in [0.5, 0.6) is 0 Å². The molecular formula is C15H19N3. The van der Waals surface area contributed by atoms with E-state index in [1.807, 2.05) is 6.07 Å². The third kappa shape index (κ3) is 2.31. The summed E-state index contributed by atoms with van der Waals surface area (Å²) < 4.78 is 0. The van der Waals surface area contributed by atoms with Crippen molar-refractivity contribution in [2.75, 3.05) is 20.1 Å². The van der Waals surface area contributed by atoms with Crippen LogP contribution in [0.1, 0.15) is 24.5 Å². The molecule has 0 unspecified atom stereocenters. The van der Waals surface area contributed by atoms with Crippen LogP contribution in [0.4, 0.5) is 0 Å². The minimum absolute atomic E-state index is 0.645. The second-order valence-electron chi connectivity index (χ2n) is 5.15. The van der Waals surface area contributed by atoms with Crippen molar-refractivity contribution in [3.63, 3.8) is 0 Å². The van der Waals surface area contributed by atoms with Crippen LogP contribution in [0, 0.1) is 0 Å². The molecule has 0 spiro atoms. The SMILES string of the molecule is CN1CCC(c2cc(-c3ccccc3)n[nH]2)CC1. The Balaban J connectivity index is 1.78. The third-order valence-corrected chi connectivity index (χ3v) is 3.83. The molecule has 94 valence electrons. The van der Waals surface area contributed by atoms with Crippen LogP contribution in [0.25, 0.3) is 11.3 Å². The van der Waals surface area contributed by atoms with Gasteiger partial charge < -0.3 is 4.90 Å². The van der Waals surface area contributed by atoms with Crippen LogP contribution >= 0.6 is 0 Å². The van der Waals surface area contributed by atoms with Gasteiger partial charge in [-0.2, -0.15) is 5.10 Å². The molecule has 0 radical (unpaired) electrons. The van der Waals surface area contributed by atoms with Gasteiger partial charge in [0.2, 0.25) is 0 Å². The fourth-order valence-corrected chi connectivity index (χ4v) is 2.62. The van der Waals surface area contributed by atoms with Gasteiger partial charge in [0, 0.05) is 17.2 Å². The van der Waals surface area contributed by atoms with Gasteiger partial charge in [0.15, 0.2) is 0 Å². The summed E-state index contributed by atoms with van der Waals surface area (Å²) in [5.41, 5.74) is 3.54. The number of nitrogens with one attached hydrogen (secondary N) is 1. The van der Waals surface area contributed by atoms with Gasteiger partial charge in [0.1, 0.15) is 0 Å². The average molecular weight is 241 g/mol. The zero-order valence-electron chi connectivity index (χ0n) is 10.8. The fourth-order valence-electron chi connectivity index (χ4n) is 2.62. The van der Waals surface area contributed by atoms with E-state index in [2.05, 4.69) is 52.5 Å². The van der Waals surface area contributed by atoms with Gasteiger partial charge >= 0.3 is 0 Å². The Bertz CT molecular complexity index is 495. The van der Waals surface area contributed by atoms with Crippen LogP contribution in [0.3, 0.4) is 0 Å². The lowest BCUT2D eigenvalue weighted by atomic mass is 9.93. The van der Waals surface area contributed by atoms with E-state index >= 15 is 0 Å². The van der Waals surface area contributed by atoms with Crippen molar-refractivity contribution in [1.82, 2.24) is 15.1 Å². The maximum Gasteiger partial charge on any atom is 0.0923 e. The Kier molecular flexibility index (Phi) is 3.15. The number of hydrogen-bond donors (Lipinski definition) is 1. The van der Waals surface area contributed by atoms with Gasteiger partial charge in [-0.25, -0.2) is 0 Å². The summed E-state index contributed by atoms with van der Waals surface area (Å²) in [6.07, 6.45) is 2.46. The molecule has 0 bridgehead atoms. The Labute approximate surface area is 108 Å². The van der Waals surface area contributed by atoms with E-state index in [0.717, 1.165) is 5.69 Å². The molecule has 2 aromatic rings. The number of aromatic amines is 1. The van der Waals surface area contributed by atoms with Gasteiger partial charge in [-0.1, -0.05) is 30.3 Å². The van der Waals surface area contributed by atoms with E-state index in [9.17, 15) is 0 Å². The summed E-state index contributed by atoms with van der Waals surface area (Å²) in [4.78, 5) is 2.39. The maximum absolute atomic E-state index is 4.44. The van der Waals surface area contributed by atoms with E-state index in [4.69, 9.17) is 0 Å². The summed E-state index contributed by atoms with van der Waals surface area (Å²) in [5, 5.41) is 7.66. The molecule has 1 aromatic carbocycles. The molecule has 2 heterocycles. The molecular weight excluding hydrogens is 222 g/mol. The highest BCUT2D eigenvalue weighted by Crippen LogP contribution is 2.28. The molecule has 3 nitrogen and oxygen atoms in total.